The Hall–Kier alpha value is -2.88. The molecule has 0 unspecified atom stereocenters. The van der Waals surface area contributed by atoms with Gasteiger partial charge >= 0.3 is 0 Å². The van der Waals surface area contributed by atoms with Gasteiger partial charge in [0.15, 0.2) is 6.26 Å². The molecule has 0 fully saturated rings. The lowest BCUT2D eigenvalue weighted by molar-refractivity contribution is 0.392. The average Bonchev–Trinajstić information content (AvgIpc) is 2.98. The molecule has 20 heavy (non-hydrogen) atoms. The topological polar surface area (TPSA) is 48.2 Å². The van der Waals surface area contributed by atoms with E-state index in [0.29, 0.717) is 11.6 Å². The second kappa shape index (κ2) is 4.35. The van der Waals surface area contributed by atoms with Crippen LogP contribution in [0.25, 0.3) is 21.5 Å². The maximum atomic E-state index is 5.54. The third-order valence-electron chi connectivity index (χ3n) is 3.15. The molecule has 0 amide bonds. The van der Waals surface area contributed by atoms with E-state index < -0.39 is 0 Å². The molecule has 4 aromatic rings. The zero-order valence-electron chi connectivity index (χ0n) is 10.4. The highest BCUT2D eigenvalue weighted by Crippen LogP contribution is 2.27. The maximum Gasteiger partial charge on any atom is 0.280 e. The second-order valence-electron chi connectivity index (χ2n) is 4.47. The molecular weight excluding hydrogens is 252 g/mol. The van der Waals surface area contributed by atoms with Crippen molar-refractivity contribution in [3.8, 4) is 11.6 Å². The SMILES string of the molecule is [c]1cc(Oc2conn2)cc2cc3ccccc3cc12. The van der Waals surface area contributed by atoms with Crippen molar-refractivity contribution >= 4 is 21.5 Å². The Morgan fingerprint density at radius 3 is 2.65 bits per heavy atom. The lowest BCUT2D eigenvalue weighted by Gasteiger charge is -2.05. The minimum Gasteiger partial charge on any atom is -0.435 e. The van der Waals surface area contributed by atoms with E-state index in [9.17, 15) is 0 Å². The van der Waals surface area contributed by atoms with Gasteiger partial charge in [0, 0.05) is 5.27 Å². The molecule has 0 saturated heterocycles. The molecule has 0 spiro atoms. The summed E-state index contributed by atoms with van der Waals surface area (Å²) in [4.78, 5) is 0. The molecule has 1 aromatic heterocycles. The van der Waals surface area contributed by atoms with Crippen LogP contribution in [0, 0.1) is 6.07 Å². The Balaban J connectivity index is 1.83. The molecule has 4 rings (SSSR count). The molecule has 1 radical (unpaired) electrons. The highest BCUT2D eigenvalue weighted by Gasteiger charge is 2.04. The molecule has 0 bridgehead atoms. The van der Waals surface area contributed by atoms with Gasteiger partial charge in [-0.05, 0) is 51.9 Å². The Bertz CT molecular complexity index is 885. The van der Waals surface area contributed by atoms with Crippen LogP contribution >= 0.6 is 0 Å². The van der Waals surface area contributed by atoms with E-state index in [0.717, 1.165) is 10.8 Å². The fraction of sp³-hybridized carbons (Fsp3) is 0. The summed E-state index contributed by atoms with van der Waals surface area (Å²) in [5.41, 5.74) is 0. The Kier molecular flexibility index (Phi) is 2.39. The highest BCUT2D eigenvalue weighted by atomic mass is 16.5. The van der Waals surface area contributed by atoms with Gasteiger partial charge in [-0.15, -0.1) is 0 Å². The van der Waals surface area contributed by atoms with Crippen LogP contribution in [-0.4, -0.2) is 10.4 Å². The van der Waals surface area contributed by atoms with Crippen molar-refractivity contribution in [1.82, 2.24) is 10.4 Å². The number of nitrogens with zero attached hydrogens (tertiary/aromatic N) is 2. The van der Waals surface area contributed by atoms with E-state index in [-0.39, 0.29) is 0 Å². The van der Waals surface area contributed by atoms with Gasteiger partial charge < -0.3 is 9.26 Å². The molecule has 4 heteroatoms. The Morgan fingerprint density at radius 1 is 1.00 bits per heavy atom. The molecule has 0 aliphatic carbocycles. The van der Waals surface area contributed by atoms with Crippen molar-refractivity contribution in [3.63, 3.8) is 0 Å². The maximum absolute atomic E-state index is 5.54. The van der Waals surface area contributed by atoms with Crippen LogP contribution in [0.4, 0.5) is 0 Å². The molecule has 95 valence electrons. The number of ether oxygens (including phenoxy) is 1. The summed E-state index contributed by atoms with van der Waals surface area (Å²) in [7, 11) is 0. The summed E-state index contributed by atoms with van der Waals surface area (Å²) >= 11 is 0. The molecule has 0 aliphatic rings. The molecule has 1 heterocycles. The van der Waals surface area contributed by atoms with E-state index in [1.807, 2.05) is 18.2 Å². The number of benzene rings is 3. The van der Waals surface area contributed by atoms with Gasteiger partial charge in [0.05, 0.1) is 0 Å². The zero-order valence-corrected chi connectivity index (χ0v) is 10.4. The van der Waals surface area contributed by atoms with Crippen LogP contribution in [0.3, 0.4) is 0 Å². The van der Waals surface area contributed by atoms with Gasteiger partial charge in [-0.25, -0.2) is 0 Å². The fourth-order valence-corrected chi connectivity index (χ4v) is 2.23. The van der Waals surface area contributed by atoms with E-state index in [2.05, 4.69) is 45.2 Å². The van der Waals surface area contributed by atoms with Crippen LogP contribution < -0.4 is 4.74 Å². The van der Waals surface area contributed by atoms with Crippen LogP contribution in [0.2, 0.25) is 0 Å². The number of hydrogen-bond acceptors (Lipinski definition) is 4. The molecule has 3 aromatic carbocycles. The quantitative estimate of drug-likeness (QED) is 0.512. The average molecular weight is 261 g/mol. The van der Waals surface area contributed by atoms with Crippen molar-refractivity contribution in [2.45, 2.75) is 0 Å². The first-order valence-corrected chi connectivity index (χ1v) is 6.18. The number of rotatable bonds is 2. The van der Waals surface area contributed by atoms with Crippen LogP contribution in [0.1, 0.15) is 0 Å². The van der Waals surface area contributed by atoms with Crippen LogP contribution in [0.5, 0.6) is 11.6 Å². The largest absolute Gasteiger partial charge is 0.435 e. The van der Waals surface area contributed by atoms with Crippen molar-refractivity contribution in [3.05, 3.63) is 60.9 Å². The number of fused-ring (bicyclic) bond motifs is 2. The second-order valence-corrected chi connectivity index (χ2v) is 4.47. The van der Waals surface area contributed by atoms with Gasteiger partial charge in [0.1, 0.15) is 5.75 Å². The Morgan fingerprint density at radius 2 is 1.85 bits per heavy atom. The molecule has 0 atom stereocenters. The van der Waals surface area contributed by atoms with Gasteiger partial charge in [0.25, 0.3) is 5.88 Å². The lowest BCUT2D eigenvalue weighted by Crippen LogP contribution is -1.85. The summed E-state index contributed by atoms with van der Waals surface area (Å²) in [6.07, 6.45) is 1.35. The number of aromatic nitrogens is 2. The zero-order chi connectivity index (χ0) is 13.4. The lowest BCUT2D eigenvalue weighted by atomic mass is 10.0. The summed E-state index contributed by atoms with van der Waals surface area (Å²) in [6, 6.07) is 19.4. The molecular formula is C16H9N2O2. The Labute approximate surface area is 114 Å². The standard InChI is InChI=1S/C16H9N2O2/c1-2-4-12-8-14-9-15(20-16-10-19-18-17-16)6-5-13(14)7-11(12)3-1/h1-4,6-10H. The summed E-state index contributed by atoms with van der Waals surface area (Å²) in [6.45, 7) is 0. The van der Waals surface area contributed by atoms with Crippen LogP contribution in [0.15, 0.2) is 59.3 Å². The minimum absolute atomic E-state index is 0.332. The van der Waals surface area contributed by atoms with E-state index >= 15 is 0 Å². The summed E-state index contributed by atoms with van der Waals surface area (Å²) in [5, 5.41) is 11.6. The first-order valence-electron chi connectivity index (χ1n) is 6.18. The normalized spacial score (nSPS) is 11.0. The minimum atomic E-state index is 0.332. The first kappa shape index (κ1) is 11.0. The predicted octanol–water partition coefficient (Wildman–Crippen LogP) is 3.97. The van der Waals surface area contributed by atoms with Crippen molar-refractivity contribution in [1.29, 1.82) is 0 Å². The third-order valence-corrected chi connectivity index (χ3v) is 3.15. The number of hydrogen-bond donors (Lipinski definition) is 0. The van der Waals surface area contributed by atoms with Crippen molar-refractivity contribution in [2.75, 3.05) is 0 Å². The van der Waals surface area contributed by atoms with Gasteiger partial charge in [0.2, 0.25) is 0 Å². The van der Waals surface area contributed by atoms with Crippen molar-refractivity contribution in [2.24, 2.45) is 0 Å². The molecule has 0 aliphatic heterocycles. The smallest absolute Gasteiger partial charge is 0.280 e. The van der Waals surface area contributed by atoms with E-state index in [4.69, 9.17) is 4.74 Å². The van der Waals surface area contributed by atoms with Crippen molar-refractivity contribution < 1.29 is 9.26 Å². The fourth-order valence-electron chi connectivity index (χ4n) is 2.23. The molecule has 0 saturated carbocycles. The predicted molar refractivity (Wildman–Crippen MR) is 74.7 cm³/mol. The highest BCUT2D eigenvalue weighted by molar-refractivity contribution is 5.98. The monoisotopic (exact) mass is 261 g/mol. The summed E-state index contributed by atoms with van der Waals surface area (Å²) in [5.74, 6) is 0.988. The molecule has 4 nitrogen and oxygen atoms in total. The van der Waals surface area contributed by atoms with Crippen LogP contribution in [-0.2, 0) is 0 Å². The summed E-state index contributed by atoms with van der Waals surface area (Å²) < 4.78 is 10.2. The first-order chi connectivity index (χ1) is 9.88. The van der Waals surface area contributed by atoms with E-state index in [1.165, 1.54) is 17.0 Å². The molecule has 0 N–H and O–H groups in total. The van der Waals surface area contributed by atoms with Gasteiger partial charge in [-0.3, -0.25) is 0 Å². The third kappa shape index (κ3) is 1.87. The van der Waals surface area contributed by atoms with Gasteiger partial charge in [-0.2, -0.15) is 0 Å². The van der Waals surface area contributed by atoms with E-state index in [1.54, 1.807) is 6.07 Å². The van der Waals surface area contributed by atoms with Gasteiger partial charge in [-0.1, -0.05) is 29.4 Å².